The molecule has 0 unspecified atom stereocenters. The summed E-state index contributed by atoms with van der Waals surface area (Å²) < 4.78 is 6.07. The maximum absolute atomic E-state index is 12.1. The van der Waals surface area contributed by atoms with E-state index in [0.717, 1.165) is 16.6 Å². The third kappa shape index (κ3) is 3.26. The quantitative estimate of drug-likeness (QED) is 0.795. The zero-order valence-electron chi connectivity index (χ0n) is 11.1. The van der Waals surface area contributed by atoms with Crippen molar-refractivity contribution in [3.05, 3.63) is 22.3 Å². The van der Waals surface area contributed by atoms with Gasteiger partial charge in [0.15, 0.2) is 0 Å². The summed E-state index contributed by atoms with van der Waals surface area (Å²) >= 11 is 3.50. The molecule has 1 aromatic rings. The molecule has 1 aromatic heterocycles. The molecule has 2 rings (SSSR count). The van der Waals surface area contributed by atoms with Crippen LogP contribution < -0.4 is 4.74 Å². The molecule has 0 N–H and O–H groups in total. The topological polar surface area (TPSA) is 39.2 Å². The van der Waals surface area contributed by atoms with E-state index >= 15 is 0 Å². The summed E-state index contributed by atoms with van der Waals surface area (Å²) in [5.41, 5.74) is 1.11. The smallest absolute Gasteiger partial charge is 0.213 e. The van der Waals surface area contributed by atoms with Gasteiger partial charge in [0, 0.05) is 39.5 Å². The Bertz CT molecular complexity index is 481. The minimum absolute atomic E-state index is 0.00340. The zero-order chi connectivity index (χ0) is 14.0. The van der Waals surface area contributed by atoms with Crippen LogP contribution in [0.3, 0.4) is 0 Å². The van der Waals surface area contributed by atoms with Gasteiger partial charge in [-0.2, -0.15) is 0 Å². The number of halogens is 1. The molecule has 0 aliphatic heterocycles. The van der Waals surface area contributed by atoms with E-state index in [0.29, 0.717) is 30.4 Å². The van der Waals surface area contributed by atoms with Crippen LogP contribution in [-0.4, -0.2) is 28.1 Å². The first kappa shape index (κ1) is 14.7. The van der Waals surface area contributed by atoms with Gasteiger partial charge in [0.05, 0.1) is 12.8 Å². The summed E-state index contributed by atoms with van der Waals surface area (Å²) in [5.74, 6) is 1.43. The lowest BCUT2D eigenvalue weighted by atomic mass is 9.78. The number of hydrogen-bond donors (Lipinski definition) is 0. The van der Waals surface area contributed by atoms with E-state index in [-0.39, 0.29) is 11.5 Å². The van der Waals surface area contributed by atoms with Crippen LogP contribution in [0.5, 0.6) is 5.88 Å². The van der Waals surface area contributed by atoms with Gasteiger partial charge in [-0.3, -0.25) is 4.79 Å². The lowest BCUT2D eigenvalue weighted by Crippen LogP contribution is -2.32. The van der Waals surface area contributed by atoms with Crippen LogP contribution in [0.25, 0.3) is 0 Å². The molecule has 1 saturated carbocycles. The van der Waals surface area contributed by atoms with Crippen molar-refractivity contribution >= 4 is 32.0 Å². The Morgan fingerprint density at radius 1 is 1.53 bits per heavy atom. The van der Waals surface area contributed by atoms with Gasteiger partial charge < -0.3 is 4.74 Å². The van der Waals surface area contributed by atoms with Gasteiger partial charge >= 0.3 is 0 Å². The van der Waals surface area contributed by atoms with Crippen molar-refractivity contribution in [1.29, 1.82) is 0 Å². The molecular weight excluding hydrogens is 322 g/mol. The number of rotatable bonds is 3. The molecule has 3 nitrogen and oxygen atoms in total. The number of aromatic nitrogens is 1. The number of pyridine rings is 1. The molecule has 3 radical (unpaired) electrons. The van der Waals surface area contributed by atoms with Crippen molar-refractivity contribution in [1.82, 2.24) is 4.98 Å². The van der Waals surface area contributed by atoms with Gasteiger partial charge in [-0.15, -0.1) is 0 Å². The monoisotopic (exact) mass is 338 g/mol. The molecule has 0 spiro atoms. The number of ether oxygens (including phenoxy) is 1. The predicted octanol–water partition coefficient (Wildman–Crippen LogP) is 2.97. The minimum Gasteiger partial charge on any atom is -0.481 e. The molecule has 1 aliphatic rings. The highest BCUT2D eigenvalue weighted by Gasteiger charge is 2.34. The summed E-state index contributed by atoms with van der Waals surface area (Å²) in [5, 5.41) is 0. The second-order valence-electron chi connectivity index (χ2n) is 5.10. The first-order chi connectivity index (χ1) is 9.02. The summed E-state index contributed by atoms with van der Waals surface area (Å²) in [6, 6.07) is 3.73. The first-order valence-electron chi connectivity index (χ1n) is 6.46. The van der Waals surface area contributed by atoms with Crippen molar-refractivity contribution in [2.24, 2.45) is 11.8 Å². The number of carbonyl (C=O) groups is 1. The van der Waals surface area contributed by atoms with Crippen molar-refractivity contribution in [2.45, 2.75) is 31.7 Å². The largest absolute Gasteiger partial charge is 0.481 e. The number of ketones is 1. The number of Topliss-reactive ketones (excluding diaryl/α,β-unsaturated/α-hetero) is 1. The van der Waals surface area contributed by atoms with Crippen molar-refractivity contribution in [3.63, 3.8) is 0 Å². The Morgan fingerprint density at radius 3 is 2.95 bits per heavy atom. The highest BCUT2D eigenvalue weighted by molar-refractivity contribution is 9.10. The lowest BCUT2D eigenvalue weighted by Gasteiger charge is -2.32. The zero-order valence-corrected chi connectivity index (χ0v) is 13.7. The molecule has 0 aromatic carbocycles. The van der Waals surface area contributed by atoms with E-state index < -0.39 is 0 Å². The number of nitrogens with zero attached hydrogens (tertiary/aromatic N) is 1. The normalized spacial score (nSPS) is 27.4. The first-order valence-corrected chi connectivity index (χ1v) is 7.83. The molecule has 0 amide bonds. The molecule has 5 heteroatoms. The highest BCUT2D eigenvalue weighted by atomic mass is 79.9. The summed E-state index contributed by atoms with van der Waals surface area (Å²) in [4.78, 5) is 16.6. The number of hydrogen-bond acceptors (Lipinski definition) is 3. The highest BCUT2D eigenvalue weighted by Crippen LogP contribution is 2.37. The van der Waals surface area contributed by atoms with Gasteiger partial charge in [0.25, 0.3) is 0 Å². The number of carbonyl (C=O) groups excluding carboxylic acids is 1. The fourth-order valence-corrected chi connectivity index (χ4v) is 3.36. The van der Waals surface area contributed by atoms with E-state index in [4.69, 9.17) is 4.74 Å². The molecule has 1 fully saturated rings. The van der Waals surface area contributed by atoms with E-state index in [2.05, 4.69) is 38.1 Å². The molecular formula is C14H17BrNO2Si. The van der Waals surface area contributed by atoms with Gasteiger partial charge in [0.2, 0.25) is 5.88 Å². The van der Waals surface area contributed by atoms with Crippen LogP contribution in [-0.2, 0) is 11.2 Å². The average Bonchev–Trinajstić information content (AvgIpc) is 2.41. The SMILES string of the molecule is COc1ccc(Br)c(C[C@H]2C(=O)CC[C@@H](C)[C@@H]2[Si])n1. The van der Waals surface area contributed by atoms with Crippen LogP contribution in [0, 0.1) is 11.8 Å². The van der Waals surface area contributed by atoms with Gasteiger partial charge in [-0.05, 0) is 39.9 Å². The fraction of sp³-hybridized carbons (Fsp3) is 0.571. The molecule has 19 heavy (non-hydrogen) atoms. The lowest BCUT2D eigenvalue weighted by molar-refractivity contribution is -0.125. The van der Waals surface area contributed by atoms with Crippen molar-refractivity contribution in [2.75, 3.05) is 7.11 Å². The maximum Gasteiger partial charge on any atom is 0.213 e. The van der Waals surface area contributed by atoms with Crippen LogP contribution in [0.15, 0.2) is 16.6 Å². The third-order valence-corrected chi connectivity index (χ3v) is 5.52. The predicted molar refractivity (Wildman–Crippen MR) is 78.6 cm³/mol. The van der Waals surface area contributed by atoms with Gasteiger partial charge in [-0.1, -0.05) is 6.92 Å². The van der Waals surface area contributed by atoms with Crippen LogP contribution in [0.2, 0.25) is 5.54 Å². The maximum atomic E-state index is 12.1. The summed E-state index contributed by atoms with van der Waals surface area (Å²) in [7, 11) is 5.34. The van der Waals surface area contributed by atoms with Crippen LogP contribution in [0.4, 0.5) is 0 Å². The van der Waals surface area contributed by atoms with Crippen LogP contribution >= 0.6 is 15.9 Å². The molecule has 3 atom stereocenters. The number of methoxy groups -OCH3 is 1. The Kier molecular flexibility index (Phi) is 4.79. The van der Waals surface area contributed by atoms with Crippen molar-refractivity contribution < 1.29 is 9.53 Å². The standard InChI is InChI=1S/C14H17BrNO2Si/c1-8-3-5-12(17)9(14(8)19)7-11-10(15)4-6-13(16-11)18-2/h4,6,8-9,14H,3,5,7H2,1-2H3/t8-,9+,14+/m1/s1. The summed E-state index contributed by atoms with van der Waals surface area (Å²) in [6.45, 7) is 2.19. The van der Waals surface area contributed by atoms with Gasteiger partial charge in [0.1, 0.15) is 5.78 Å². The third-order valence-electron chi connectivity index (χ3n) is 3.82. The van der Waals surface area contributed by atoms with E-state index in [1.165, 1.54) is 0 Å². The molecule has 0 saturated heterocycles. The minimum atomic E-state index is -0.00340. The Labute approximate surface area is 125 Å². The fourth-order valence-electron chi connectivity index (χ4n) is 2.50. The Morgan fingerprint density at radius 2 is 2.26 bits per heavy atom. The second-order valence-corrected chi connectivity index (χ2v) is 6.62. The Balaban J connectivity index is 2.21. The van der Waals surface area contributed by atoms with E-state index in [1.807, 2.05) is 12.1 Å². The summed E-state index contributed by atoms with van der Waals surface area (Å²) in [6.07, 6.45) is 2.29. The Hall–Kier alpha value is -0.683. The van der Waals surface area contributed by atoms with E-state index in [1.54, 1.807) is 7.11 Å². The molecule has 1 aliphatic carbocycles. The van der Waals surface area contributed by atoms with Crippen molar-refractivity contribution in [3.8, 4) is 5.88 Å². The molecule has 0 bridgehead atoms. The van der Waals surface area contributed by atoms with Crippen LogP contribution in [0.1, 0.15) is 25.5 Å². The van der Waals surface area contributed by atoms with E-state index in [9.17, 15) is 4.79 Å². The average molecular weight is 339 g/mol. The second kappa shape index (κ2) is 6.18. The van der Waals surface area contributed by atoms with Gasteiger partial charge in [-0.25, -0.2) is 4.98 Å². The molecule has 1 heterocycles. The molecule has 101 valence electrons.